The van der Waals surface area contributed by atoms with E-state index in [1.807, 2.05) is 38.1 Å². The van der Waals surface area contributed by atoms with Crippen molar-refractivity contribution in [2.75, 3.05) is 6.54 Å². The van der Waals surface area contributed by atoms with Crippen molar-refractivity contribution in [2.45, 2.75) is 129 Å². The summed E-state index contributed by atoms with van der Waals surface area (Å²) in [7, 11) is 0. The minimum Gasteiger partial charge on any atom is -0.508 e. The van der Waals surface area contributed by atoms with E-state index in [1.165, 1.54) is 24.0 Å². The van der Waals surface area contributed by atoms with Crippen LogP contribution >= 0.6 is 0 Å². The summed E-state index contributed by atoms with van der Waals surface area (Å²) in [6.45, 7) is 12.1. The van der Waals surface area contributed by atoms with E-state index in [0.29, 0.717) is 24.1 Å². The van der Waals surface area contributed by atoms with Crippen LogP contribution in [0.15, 0.2) is 54.6 Å². The number of amides is 6. The maximum Gasteiger partial charge on any atom is 0.328 e. The third kappa shape index (κ3) is 13.7. The van der Waals surface area contributed by atoms with Gasteiger partial charge in [-0.1, -0.05) is 71.9 Å². The summed E-state index contributed by atoms with van der Waals surface area (Å²) in [5.74, 6) is -6.20. The predicted molar refractivity (Wildman–Crippen MR) is 235 cm³/mol. The number of benzene rings is 2. The van der Waals surface area contributed by atoms with Crippen LogP contribution in [0.3, 0.4) is 0 Å². The first-order chi connectivity index (χ1) is 29.7. The lowest BCUT2D eigenvalue weighted by atomic mass is 9.97. The number of aliphatic hydroxyl groups excluding tert-OH is 1. The minimum absolute atomic E-state index is 0.0179. The van der Waals surface area contributed by atoms with Crippen molar-refractivity contribution in [3.63, 3.8) is 0 Å². The number of carbonyl (C=O) groups is 7. The van der Waals surface area contributed by atoms with Gasteiger partial charge in [0, 0.05) is 30.6 Å². The number of fused-ring (bicyclic) bond motifs is 1. The molecule has 18 heteroatoms. The van der Waals surface area contributed by atoms with Gasteiger partial charge in [0.1, 0.15) is 36.0 Å². The first-order valence-corrected chi connectivity index (χ1v) is 21.5. The van der Waals surface area contributed by atoms with Crippen LogP contribution in [0.2, 0.25) is 0 Å². The Morgan fingerprint density at radius 3 is 1.90 bits per heavy atom. The number of aliphatic carboxylic acids is 1. The molecule has 3 aromatic rings. The largest absolute Gasteiger partial charge is 0.508 e. The monoisotopic (exact) mass is 876 g/mol. The van der Waals surface area contributed by atoms with Crippen molar-refractivity contribution in [2.24, 2.45) is 23.5 Å². The van der Waals surface area contributed by atoms with Gasteiger partial charge in [-0.3, -0.25) is 28.8 Å². The van der Waals surface area contributed by atoms with Crippen LogP contribution in [0.25, 0.3) is 10.9 Å². The number of nitrogens with one attached hydrogen (secondary N) is 6. The summed E-state index contributed by atoms with van der Waals surface area (Å²) in [5.41, 5.74) is 7.98. The quantitative estimate of drug-likeness (QED) is 0.0727. The van der Waals surface area contributed by atoms with Gasteiger partial charge in [-0.15, -0.1) is 0 Å². The van der Waals surface area contributed by atoms with Gasteiger partial charge in [0.25, 0.3) is 0 Å². The second-order valence-electron chi connectivity index (χ2n) is 17.5. The molecule has 344 valence electrons. The lowest BCUT2D eigenvalue weighted by Gasteiger charge is -2.32. The number of nitrogens with two attached hydrogens (primary N) is 1. The molecule has 1 aliphatic heterocycles. The fourth-order valence-electron chi connectivity index (χ4n) is 7.60. The highest BCUT2D eigenvalue weighted by molar-refractivity contribution is 5.97. The smallest absolute Gasteiger partial charge is 0.328 e. The highest BCUT2D eigenvalue weighted by Gasteiger charge is 2.41. The second kappa shape index (κ2) is 22.4. The number of phenols is 1. The molecule has 18 nitrogen and oxygen atoms in total. The highest BCUT2D eigenvalue weighted by atomic mass is 16.4. The van der Waals surface area contributed by atoms with Gasteiger partial charge >= 0.3 is 5.97 Å². The number of carbonyl (C=O) groups excluding carboxylic acids is 6. The van der Waals surface area contributed by atoms with E-state index in [1.54, 1.807) is 45.9 Å². The molecule has 0 aliphatic carbocycles. The molecule has 63 heavy (non-hydrogen) atoms. The Kier molecular flexibility index (Phi) is 17.6. The van der Waals surface area contributed by atoms with Crippen LogP contribution in [0, 0.1) is 17.8 Å². The van der Waals surface area contributed by atoms with Crippen molar-refractivity contribution in [3.05, 3.63) is 65.9 Å². The van der Waals surface area contributed by atoms with Gasteiger partial charge in [-0.2, -0.15) is 0 Å². The molecule has 4 rings (SSSR count). The molecule has 11 N–H and O–H groups in total. The molecule has 0 saturated carbocycles. The first-order valence-electron chi connectivity index (χ1n) is 21.5. The molecule has 2 heterocycles. The van der Waals surface area contributed by atoms with E-state index in [9.17, 15) is 48.9 Å². The Morgan fingerprint density at radius 2 is 1.33 bits per heavy atom. The Labute approximate surface area is 367 Å². The van der Waals surface area contributed by atoms with Gasteiger partial charge in [0.05, 0.1) is 12.1 Å². The number of hydrogen-bond acceptors (Lipinski definition) is 10. The van der Waals surface area contributed by atoms with Gasteiger partial charge in [-0.25, -0.2) is 4.79 Å². The lowest BCUT2D eigenvalue weighted by Crippen LogP contribution is -2.61. The van der Waals surface area contributed by atoms with Crippen molar-refractivity contribution < 1.29 is 48.9 Å². The first kappa shape index (κ1) is 49.6. The fraction of sp³-hybridized carbons (Fsp3) is 0.533. The number of aromatic nitrogens is 1. The highest BCUT2D eigenvalue weighted by Crippen LogP contribution is 2.22. The summed E-state index contributed by atoms with van der Waals surface area (Å²) >= 11 is 0. The van der Waals surface area contributed by atoms with Crippen LogP contribution in [0.4, 0.5) is 0 Å². The number of phenolic OH excluding ortho intramolecular Hbond substituents is 1. The number of nitrogens with zero attached hydrogens (tertiary/aromatic N) is 1. The summed E-state index contributed by atoms with van der Waals surface area (Å²) in [5, 5.41) is 43.9. The second-order valence-corrected chi connectivity index (χ2v) is 17.5. The molecule has 0 radical (unpaired) electrons. The maximum absolute atomic E-state index is 14.6. The van der Waals surface area contributed by atoms with Crippen LogP contribution < -0.4 is 32.3 Å². The molecule has 0 bridgehead atoms. The SMILES string of the molecule is CC(C)CC(N)C(=O)NC(C(=O)NC(C(=O)NC(Cc1ccc(O)cc1)C(=O)N1CCCC1C(=O)NC(Cc1cc2ccccc2[nH]1)C(=O)NC(C(=O)O)C(C)O)C(C)C)C(C)C. The topological polar surface area (TPSA) is 285 Å². The molecular formula is C45H64N8O10. The average Bonchev–Trinajstić information content (AvgIpc) is 3.87. The fourth-order valence-corrected chi connectivity index (χ4v) is 7.60. The maximum atomic E-state index is 14.6. The van der Waals surface area contributed by atoms with Crippen LogP contribution in [-0.2, 0) is 46.4 Å². The Morgan fingerprint density at radius 1 is 0.746 bits per heavy atom. The number of H-pyrrole nitrogens is 1. The van der Waals surface area contributed by atoms with Crippen LogP contribution in [0.5, 0.6) is 5.75 Å². The Balaban J connectivity index is 1.59. The molecule has 8 atom stereocenters. The van der Waals surface area contributed by atoms with E-state index in [-0.39, 0.29) is 43.4 Å². The van der Waals surface area contributed by atoms with E-state index >= 15 is 0 Å². The summed E-state index contributed by atoms with van der Waals surface area (Å²) in [4.78, 5) is 99.7. The van der Waals surface area contributed by atoms with Crippen molar-refractivity contribution >= 4 is 52.3 Å². The predicted octanol–water partition coefficient (Wildman–Crippen LogP) is 1.22. The number of aliphatic hydroxyl groups is 1. The number of carboxylic acids is 1. The zero-order valence-corrected chi connectivity index (χ0v) is 37.0. The van der Waals surface area contributed by atoms with Crippen LogP contribution in [0.1, 0.15) is 79.0 Å². The van der Waals surface area contributed by atoms with Crippen LogP contribution in [-0.4, -0.2) is 122 Å². The number of carboxylic acid groups (broad SMARTS) is 1. The number of para-hydroxylation sites is 1. The molecular weight excluding hydrogens is 813 g/mol. The molecule has 2 aromatic carbocycles. The number of likely N-dealkylation sites (tertiary alicyclic amines) is 1. The van der Waals surface area contributed by atoms with Crippen molar-refractivity contribution in [3.8, 4) is 5.75 Å². The van der Waals surface area contributed by atoms with Gasteiger partial charge in [0.2, 0.25) is 35.4 Å². The minimum atomic E-state index is -1.67. The molecule has 1 aliphatic rings. The molecule has 1 fully saturated rings. The average molecular weight is 877 g/mol. The van der Waals surface area contributed by atoms with Crippen molar-refractivity contribution in [1.82, 2.24) is 36.5 Å². The summed E-state index contributed by atoms with van der Waals surface area (Å²) < 4.78 is 0. The normalized spacial score (nSPS) is 17.3. The molecule has 1 saturated heterocycles. The third-order valence-electron chi connectivity index (χ3n) is 11.1. The van der Waals surface area contributed by atoms with E-state index in [2.05, 4.69) is 31.6 Å². The zero-order chi connectivity index (χ0) is 46.7. The van der Waals surface area contributed by atoms with E-state index in [4.69, 9.17) is 5.73 Å². The van der Waals surface area contributed by atoms with Gasteiger partial charge < -0.3 is 57.5 Å². The van der Waals surface area contributed by atoms with E-state index < -0.39 is 95.7 Å². The summed E-state index contributed by atoms with van der Waals surface area (Å²) in [6.07, 6.45) is -0.597. The Bertz CT molecular complexity index is 2050. The lowest BCUT2D eigenvalue weighted by molar-refractivity contribution is -0.145. The third-order valence-corrected chi connectivity index (χ3v) is 11.1. The molecule has 0 spiro atoms. The Hall–Kier alpha value is -6.01. The molecule has 8 unspecified atom stereocenters. The summed E-state index contributed by atoms with van der Waals surface area (Å²) in [6, 6.07) is 6.79. The van der Waals surface area contributed by atoms with E-state index in [0.717, 1.165) is 10.9 Å². The van der Waals surface area contributed by atoms with Gasteiger partial charge in [0.15, 0.2) is 6.04 Å². The number of aromatic hydroxyl groups is 1. The molecule has 1 aromatic heterocycles. The van der Waals surface area contributed by atoms with Gasteiger partial charge in [-0.05, 0) is 79.2 Å². The standard InChI is InChI=1S/C45H64N8O10/c1-23(2)19-31(46)39(56)50-37(25(5)6)43(60)51-36(24(3)4)42(59)49-34(20-27-14-16-30(55)17-15-27)44(61)53-18-10-13-35(53)41(58)48-33(40(57)52-38(26(7)54)45(62)63)22-29-21-28-11-8-9-12-32(28)47-29/h8-9,11-12,14-17,21,23-26,31,33-38,47,54-55H,10,13,18-20,22,46H2,1-7H3,(H,48,58)(H,49,59)(H,50,56)(H,51,60)(H,52,57)(H,62,63). The molecule has 6 amide bonds. The van der Waals surface area contributed by atoms with Crippen molar-refractivity contribution in [1.29, 1.82) is 0 Å². The number of rotatable bonds is 21. The number of hydrogen-bond donors (Lipinski definition) is 10. The number of aromatic amines is 1. The zero-order valence-electron chi connectivity index (χ0n) is 37.0.